The van der Waals surface area contributed by atoms with Gasteiger partial charge in [0.05, 0.1) is 6.61 Å². The Kier molecular flexibility index (Phi) is 3.48. The molecule has 1 aliphatic rings. The van der Waals surface area contributed by atoms with Gasteiger partial charge in [0.25, 0.3) is 5.22 Å². The Labute approximate surface area is 120 Å². The van der Waals surface area contributed by atoms with Gasteiger partial charge in [-0.1, -0.05) is 6.07 Å². The molecule has 3 rings (SSSR count). The predicted molar refractivity (Wildman–Crippen MR) is 74.4 cm³/mol. The molecule has 1 saturated heterocycles. The normalized spacial score (nSPS) is 18.3. The van der Waals surface area contributed by atoms with E-state index < -0.39 is 0 Å². The van der Waals surface area contributed by atoms with E-state index in [4.69, 9.17) is 9.15 Å². The third kappa shape index (κ3) is 2.56. The zero-order valence-electron chi connectivity index (χ0n) is 11.3. The SMILES string of the molecule is Cc1ccc(-c2nnc(S[C@H]3CCOC3=O)o2)cc1C. The van der Waals surface area contributed by atoms with Gasteiger partial charge in [0.2, 0.25) is 5.89 Å². The first-order valence-corrected chi connectivity index (χ1v) is 7.26. The van der Waals surface area contributed by atoms with Crippen LogP contribution < -0.4 is 0 Å². The van der Waals surface area contributed by atoms with E-state index in [1.54, 1.807) is 0 Å². The van der Waals surface area contributed by atoms with Gasteiger partial charge in [-0.25, -0.2) is 0 Å². The first kappa shape index (κ1) is 13.2. The zero-order chi connectivity index (χ0) is 14.1. The summed E-state index contributed by atoms with van der Waals surface area (Å²) < 4.78 is 10.5. The van der Waals surface area contributed by atoms with E-state index in [0.717, 1.165) is 5.56 Å². The van der Waals surface area contributed by atoms with Crippen molar-refractivity contribution in [1.29, 1.82) is 0 Å². The highest BCUT2D eigenvalue weighted by Gasteiger charge is 2.29. The van der Waals surface area contributed by atoms with Gasteiger partial charge < -0.3 is 9.15 Å². The van der Waals surface area contributed by atoms with Crippen molar-refractivity contribution in [3.05, 3.63) is 29.3 Å². The average Bonchev–Trinajstić information content (AvgIpc) is 3.04. The van der Waals surface area contributed by atoms with Crippen LogP contribution >= 0.6 is 11.8 Å². The number of carbonyl (C=O) groups is 1. The number of esters is 1. The fraction of sp³-hybridized carbons (Fsp3) is 0.357. The van der Waals surface area contributed by atoms with Crippen LogP contribution in [0.1, 0.15) is 17.5 Å². The molecular weight excluding hydrogens is 276 g/mol. The number of rotatable bonds is 3. The smallest absolute Gasteiger partial charge is 0.319 e. The lowest BCUT2D eigenvalue weighted by Crippen LogP contribution is -2.09. The third-order valence-electron chi connectivity index (χ3n) is 3.29. The highest BCUT2D eigenvalue weighted by molar-refractivity contribution is 8.00. The van der Waals surface area contributed by atoms with E-state index in [0.29, 0.717) is 24.1 Å². The van der Waals surface area contributed by atoms with Crippen LogP contribution in [0.25, 0.3) is 11.5 Å². The topological polar surface area (TPSA) is 65.2 Å². The molecule has 1 aromatic heterocycles. The van der Waals surface area contributed by atoms with Gasteiger partial charge in [-0.3, -0.25) is 4.79 Å². The van der Waals surface area contributed by atoms with Crippen LogP contribution in [0.3, 0.4) is 0 Å². The summed E-state index contributed by atoms with van der Waals surface area (Å²) in [6.07, 6.45) is 0.685. The molecule has 0 N–H and O–H groups in total. The predicted octanol–water partition coefficient (Wildman–Crippen LogP) is 2.76. The number of cyclic esters (lactones) is 1. The minimum Gasteiger partial charge on any atom is -0.465 e. The molecule has 2 aromatic rings. The van der Waals surface area contributed by atoms with E-state index in [1.807, 2.05) is 25.1 Å². The Bertz CT molecular complexity index is 654. The molecule has 1 atom stereocenters. The number of carbonyl (C=O) groups excluding carboxylic acids is 1. The maximum Gasteiger partial charge on any atom is 0.319 e. The Balaban J connectivity index is 1.79. The Morgan fingerprint density at radius 1 is 1.25 bits per heavy atom. The van der Waals surface area contributed by atoms with Crippen molar-refractivity contribution in [2.24, 2.45) is 0 Å². The number of hydrogen-bond donors (Lipinski definition) is 0. The Morgan fingerprint density at radius 3 is 2.80 bits per heavy atom. The molecule has 0 aliphatic carbocycles. The minimum absolute atomic E-state index is 0.207. The molecule has 1 aromatic carbocycles. The molecule has 104 valence electrons. The molecule has 0 saturated carbocycles. The number of benzene rings is 1. The highest BCUT2D eigenvalue weighted by Crippen LogP contribution is 2.30. The van der Waals surface area contributed by atoms with Gasteiger partial charge in [0.15, 0.2) is 0 Å². The zero-order valence-corrected chi connectivity index (χ0v) is 12.1. The van der Waals surface area contributed by atoms with Gasteiger partial charge in [0.1, 0.15) is 5.25 Å². The van der Waals surface area contributed by atoms with Gasteiger partial charge >= 0.3 is 5.97 Å². The van der Waals surface area contributed by atoms with Crippen LogP contribution in [0.5, 0.6) is 0 Å². The molecule has 1 fully saturated rings. The number of aryl methyl sites for hydroxylation is 2. The Hall–Kier alpha value is -1.82. The maximum atomic E-state index is 11.4. The molecule has 0 bridgehead atoms. The summed E-state index contributed by atoms with van der Waals surface area (Å²) in [5, 5.41) is 8.19. The lowest BCUT2D eigenvalue weighted by Gasteiger charge is -2.01. The van der Waals surface area contributed by atoms with E-state index >= 15 is 0 Å². The Morgan fingerprint density at radius 2 is 2.10 bits per heavy atom. The van der Waals surface area contributed by atoms with Gasteiger partial charge in [-0.15, -0.1) is 10.2 Å². The van der Waals surface area contributed by atoms with E-state index in [2.05, 4.69) is 17.1 Å². The summed E-state index contributed by atoms with van der Waals surface area (Å²) >= 11 is 1.27. The lowest BCUT2D eigenvalue weighted by atomic mass is 10.1. The average molecular weight is 290 g/mol. The van der Waals surface area contributed by atoms with Crippen LogP contribution in [0, 0.1) is 13.8 Å². The number of hydrogen-bond acceptors (Lipinski definition) is 6. The second-order valence-corrected chi connectivity index (χ2v) is 5.89. The second-order valence-electron chi connectivity index (χ2n) is 4.73. The standard InChI is InChI=1S/C14H14N2O3S/c1-8-3-4-10(7-9(8)2)12-15-16-14(19-12)20-11-5-6-18-13(11)17/h3-4,7,11H,5-6H2,1-2H3/t11-/m0/s1. The quantitative estimate of drug-likeness (QED) is 0.810. The van der Waals surface area contributed by atoms with Crippen LogP contribution in [0.2, 0.25) is 0 Å². The van der Waals surface area contributed by atoms with Crippen LogP contribution in [0.15, 0.2) is 27.8 Å². The largest absolute Gasteiger partial charge is 0.465 e. The van der Waals surface area contributed by atoms with E-state index in [1.165, 1.54) is 22.9 Å². The molecule has 5 nitrogen and oxygen atoms in total. The van der Waals surface area contributed by atoms with Gasteiger partial charge in [-0.05, 0) is 48.9 Å². The molecule has 0 radical (unpaired) electrons. The molecule has 0 unspecified atom stereocenters. The molecule has 6 heteroatoms. The molecule has 0 amide bonds. The molecule has 1 aliphatic heterocycles. The van der Waals surface area contributed by atoms with Crippen LogP contribution in [0.4, 0.5) is 0 Å². The van der Waals surface area contributed by atoms with E-state index in [-0.39, 0.29) is 11.2 Å². The van der Waals surface area contributed by atoms with Crippen molar-refractivity contribution in [3.63, 3.8) is 0 Å². The monoisotopic (exact) mass is 290 g/mol. The van der Waals surface area contributed by atoms with Crippen molar-refractivity contribution >= 4 is 17.7 Å². The molecule has 2 heterocycles. The lowest BCUT2D eigenvalue weighted by molar-refractivity contribution is -0.137. The number of nitrogens with zero attached hydrogens (tertiary/aromatic N) is 2. The number of ether oxygens (including phenoxy) is 1. The highest BCUT2D eigenvalue weighted by atomic mass is 32.2. The summed E-state index contributed by atoms with van der Waals surface area (Å²) in [5.74, 6) is 0.267. The first-order chi connectivity index (χ1) is 9.63. The summed E-state index contributed by atoms with van der Waals surface area (Å²) in [4.78, 5) is 11.4. The summed E-state index contributed by atoms with van der Waals surface area (Å²) in [6.45, 7) is 4.56. The molecular formula is C14H14N2O3S. The number of thioether (sulfide) groups is 1. The second kappa shape index (κ2) is 5.28. The van der Waals surface area contributed by atoms with Crippen molar-refractivity contribution in [3.8, 4) is 11.5 Å². The van der Waals surface area contributed by atoms with Crippen LogP contribution in [-0.4, -0.2) is 28.0 Å². The van der Waals surface area contributed by atoms with Crippen LogP contribution in [-0.2, 0) is 9.53 Å². The fourth-order valence-corrected chi connectivity index (χ4v) is 2.79. The molecule has 20 heavy (non-hydrogen) atoms. The van der Waals surface area contributed by atoms with Gasteiger partial charge in [0, 0.05) is 12.0 Å². The van der Waals surface area contributed by atoms with Crippen molar-refractivity contribution in [1.82, 2.24) is 10.2 Å². The molecule has 0 spiro atoms. The third-order valence-corrected chi connectivity index (χ3v) is 4.37. The van der Waals surface area contributed by atoms with Crippen molar-refractivity contribution in [2.45, 2.75) is 30.7 Å². The first-order valence-electron chi connectivity index (χ1n) is 6.38. The summed E-state index contributed by atoms with van der Waals surface area (Å²) in [7, 11) is 0. The van der Waals surface area contributed by atoms with Crippen molar-refractivity contribution in [2.75, 3.05) is 6.61 Å². The van der Waals surface area contributed by atoms with E-state index in [9.17, 15) is 4.79 Å². The fourth-order valence-electron chi connectivity index (χ4n) is 1.95. The van der Waals surface area contributed by atoms with Gasteiger partial charge in [-0.2, -0.15) is 0 Å². The van der Waals surface area contributed by atoms with Crippen molar-refractivity contribution < 1.29 is 13.9 Å². The number of aromatic nitrogens is 2. The summed E-state index contributed by atoms with van der Waals surface area (Å²) in [5.41, 5.74) is 3.28. The summed E-state index contributed by atoms with van der Waals surface area (Å²) in [6, 6.07) is 5.99. The minimum atomic E-state index is -0.233. The maximum absolute atomic E-state index is 11.4.